The number of nitrogens with zero attached hydrogens (tertiary/aromatic N) is 3. The molecule has 0 amide bonds. The molecule has 0 aliphatic carbocycles. The molecular formula is C46H29N3. The Hall–Kier alpha value is -6.58. The van der Waals surface area contributed by atoms with Crippen LogP contribution in [-0.2, 0) is 0 Å². The molecule has 0 saturated heterocycles. The smallest absolute Gasteiger partial charge is 0.161 e. The Bertz CT molecular complexity index is 2740. The van der Waals surface area contributed by atoms with Crippen LogP contribution in [-0.4, -0.2) is 14.4 Å². The second-order valence-corrected chi connectivity index (χ2v) is 12.6. The van der Waals surface area contributed by atoms with Gasteiger partial charge < -0.3 is 4.40 Å². The lowest BCUT2D eigenvalue weighted by Crippen LogP contribution is -1.98. The number of aromatic nitrogens is 3. The van der Waals surface area contributed by atoms with Gasteiger partial charge in [-0.05, 0) is 47.0 Å². The predicted octanol–water partition coefficient (Wildman–Crippen LogP) is 12.0. The second kappa shape index (κ2) is 11.0. The van der Waals surface area contributed by atoms with Crippen molar-refractivity contribution in [2.45, 2.75) is 0 Å². The van der Waals surface area contributed by atoms with Gasteiger partial charge in [-0.25, -0.2) is 9.97 Å². The summed E-state index contributed by atoms with van der Waals surface area (Å²) < 4.78 is 2.44. The third kappa shape index (κ3) is 4.37. The second-order valence-electron chi connectivity index (χ2n) is 12.6. The molecule has 7 aromatic carbocycles. The molecule has 0 aliphatic rings. The minimum atomic E-state index is 0.705. The molecule has 0 unspecified atom stereocenters. The number of hydrogen-bond donors (Lipinski definition) is 0. The number of hydrogen-bond acceptors (Lipinski definition) is 2. The SMILES string of the molecule is c1ccc(-c2cccc(-c3c(-c4nc(-c5ccccc5)cc(-c5ccccc5)n4)ccc4c3c3cccc5c6ccccc6n4c53)c2)cc1. The Morgan fingerprint density at radius 1 is 0.367 bits per heavy atom. The van der Waals surface area contributed by atoms with Gasteiger partial charge in [-0.15, -0.1) is 0 Å². The summed E-state index contributed by atoms with van der Waals surface area (Å²) >= 11 is 0. The maximum Gasteiger partial charge on any atom is 0.161 e. The van der Waals surface area contributed by atoms with E-state index in [1.165, 1.54) is 49.2 Å². The average Bonchev–Trinajstić information content (AvgIpc) is 3.71. The highest BCUT2D eigenvalue weighted by molar-refractivity contribution is 6.27. The summed E-state index contributed by atoms with van der Waals surface area (Å²) in [6, 6.07) is 62.4. The largest absolute Gasteiger partial charge is 0.308 e. The van der Waals surface area contributed by atoms with Gasteiger partial charge in [0.2, 0.25) is 0 Å². The first kappa shape index (κ1) is 27.5. The van der Waals surface area contributed by atoms with Crippen molar-refractivity contribution in [3.63, 3.8) is 0 Å². The lowest BCUT2D eigenvalue weighted by Gasteiger charge is -2.15. The van der Waals surface area contributed by atoms with Gasteiger partial charge in [0.25, 0.3) is 0 Å². The van der Waals surface area contributed by atoms with Crippen LogP contribution in [0, 0.1) is 0 Å². The predicted molar refractivity (Wildman–Crippen MR) is 204 cm³/mol. The van der Waals surface area contributed by atoms with Gasteiger partial charge >= 0.3 is 0 Å². The van der Waals surface area contributed by atoms with E-state index in [1.807, 2.05) is 12.1 Å². The summed E-state index contributed by atoms with van der Waals surface area (Å²) in [4.78, 5) is 10.6. The molecule has 3 heteroatoms. The third-order valence-corrected chi connectivity index (χ3v) is 9.75. The minimum absolute atomic E-state index is 0.705. The summed E-state index contributed by atoms with van der Waals surface area (Å²) in [5, 5.41) is 4.98. The van der Waals surface area contributed by atoms with E-state index < -0.39 is 0 Å². The normalized spacial score (nSPS) is 11.7. The van der Waals surface area contributed by atoms with Crippen molar-refractivity contribution in [3.8, 4) is 56.2 Å². The highest BCUT2D eigenvalue weighted by Gasteiger charge is 2.24. The van der Waals surface area contributed by atoms with E-state index in [-0.39, 0.29) is 0 Å². The quantitative estimate of drug-likeness (QED) is 0.191. The van der Waals surface area contributed by atoms with Gasteiger partial charge in [0.1, 0.15) is 0 Å². The van der Waals surface area contributed by atoms with Crippen LogP contribution in [0.4, 0.5) is 0 Å². The first-order valence-corrected chi connectivity index (χ1v) is 16.7. The van der Waals surface area contributed by atoms with Gasteiger partial charge in [-0.1, -0.05) is 146 Å². The Labute approximate surface area is 283 Å². The van der Waals surface area contributed by atoms with Crippen molar-refractivity contribution in [2.75, 3.05) is 0 Å². The molecule has 0 fully saturated rings. The molecule has 3 aromatic heterocycles. The van der Waals surface area contributed by atoms with Crippen molar-refractivity contribution >= 4 is 38.1 Å². The third-order valence-electron chi connectivity index (χ3n) is 9.75. The molecule has 0 aliphatic heterocycles. The van der Waals surface area contributed by atoms with E-state index in [9.17, 15) is 0 Å². The maximum absolute atomic E-state index is 5.31. The Morgan fingerprint density at radius 2 is 0.918 bits per heavy atom. The van der Waals surface area contributed by atoms with Crippen LogP contribution in [0.3, 0.4) is 0 Å². The molecule has 0 N–H and O–H groups in total. The molecule has 0 radical (unpaired) electrons. The average molecular weight is 624 g/mol. The van der Waals surface area contributed by atoms with Crippen molar-refractivity contribution in [1.82, 2.24) is 14.4 Å². The molecule has 0 atom stereocenters. The molecule has 228 valence electrons. The van der Waals surface area contributed by atoms with Crippen LogP contribution < -0.4 is 0 Å². The van der Waals surface area contributed by atoms with E-state index in [0.717, 1.165) is 39.2 Å². The van der Waals surface area contributed by atoms with Crippen molar-refractivity contribution in [2.24, 2.45) is 0 Å². The van der Waals surface area contributed by atoms with E-state index in [1.54, 1.807) is 0 Å². The fraction of sp³-hybridized carbons (Fsp3) is 0. The topological polar surface area (TPSA) is 30.2 Å². The van der Waals surface area contributed by atoms with E-state index in [4.69, 9.17) is 9.97 Å². The molecule has 49 heavy (non-hydrogen) atoms. The van der Waals surface area contributed by atoms with Gasteiger partial charge in [0, 0.05) is 43.8 Å². The fourth-order valence-electron chi connectivity index (χ4n) is 7.57. The Balaban J connectivity index is 1.33. The maximum atomic E-state index is 5.31. The van der Waals surface area contributed by atoms with E-state index >= 15 is 0 Å². The standard InChI is InChI=1S/C46H29N3/c1-4-14-30(15-5-1)33-20-12-21-34(28-33)43-38(46-47-39(31-16-6-2-7-17-31)29-40(48-46)32-18-8-3-9-19-32)26-27-42-44(43)37-24-13-23-36-35-22-10-11-25-41(35)49(42)45(36)37/h1-29H. The van der Waals surface area contributed by atoms with E-state index in [0.29, 0.717) is 5.82 Å². The molecule has 3 heterocycles. The molecular weight excluding hydrogens is 595 g/mol. The summed E-state index contributed by atoms with van der Waals surface area (Å²) in [5.74, 6) is 0.705. The van der Waals surface area contributed by atoms with E-state index in [2.05, 4.69) is 168 Å². The van der Waals surface area contributed by atoms with Crippen molar-refractivity contribution < 1.29 is 0 Å². The summed E-state index contributed by atoms with van der Waals surface area (Å²) in [6.07, 6.45) is 0. The van der Waals surface area contributed by atoms with Crippen LogP contribution in [0.1, 0.15) is 0 Å². The molecule has 0 saturated carbocycles. The van der Waals surface area contributed by atoms with Crippen LogP contribution >= 0.6 is 0 Å². The van der Waals surface area contributed by atoms with Gasteiger partial charge in [-0.3, -0.25) is 0 Å². The Kier molecular flexibility index (Phi) is 6.18. The zero-order chi connectivity index (χ0) is 32.3. The highest BCUT2D eigenvalue weighted by atomic mass is 14.9. The highest BCUT2D eigenvalue weighted by Crippen LogP contribution is 2.46. The first-order chi connectivity index (χ1) is 24.3. The monoisotopic (exact) mass is 623 g/mol. The Morgan fingerprint density at radius 3 is 1.63 bits per heavy atom. The molecule has 10 rings (SSSR count). The van der Waals surface area contributed by atoms with Crippen LogP contribution in [0.25, 0.3) is 94.3 Å². The van der Waals surface area contributed by atoms with Crippen LogP contribution in [0.15, 0.2) is 176 Å². The van der Waals surface area contributed by atoms with Crippen molar-refractivity contribution in [3.05, 3.63) is 176 Å². The zero-order valence-corrected chi connectivity index (χ0v) is 26.6. The number of rotatable bonds is 5. The zero-order valence-electron chi connectivity index (χ0n) is 26.6. The molecule has 0 bridgehead atoms. The van der Waals surface area contributed by atoms with Crippen LogP contribution in [0.5, 0.6) is 0 Å². The number of benzene rings is 7. The van der Waals surface area contributed by atoms with Gasteiger partial charge in [0.15, 0.2) is 5.82 Å². The number of fused-ring (bicyclic) bond motifs is 6. The summed E-state index contributed by atoms with van der Waals surface area (Å²) in [5.41, 5.74) is 13.2. The lowest BCUT2D eigenvalue weighted by molar-refractivity contribution is 1.18. The fourth-order valence-corrected chi connectivity index (χ4v) is 7.57. The van der Waals surface area contributed by atoms with Gasteiger partial charge in [-0.2, -0.15) is 0 Å². The van der Waals surface area contributed by atoms with Crippen molar-refractivity contribution in [1.29, 1.82) is 0 Å². The minimum Gasteiger partial charge on any atom is -0.308 e. The molecule has 3 nitrogen and oxygen atoms in total. The summed E-state index contributed by atoms with van der Waals surface area (Å²) in [6.45, 7) is 0. The molecule has 10 aromatic rings. The van der Waals surface area contributed by atoms with Gasteiger partial charge in [0.05, 0.1) is 27.9 Å². The lowest BCUT2D eigenvalue weighted by atomic mass is 9.91. The van der Waals surface area contributed by atoms with Crippen LogP contribution in [0.2, 0.25) is 0 Å². The summed E-state index contributed by atoms with van der Waals surface area (Å²) in [7, 11) is 0. The first-order valence-electron chi connectivity index (χ1n) is 16.7. The number of para-hydroxylation sites is 2. The molecule has 0 spiro atoms.